The number of aromatic nitrogens is 2. The Balaban J connectivity index is 1.95. The molecule has 0 atom stereocenters. The molecule has 1 aromatic heterocycles. The molecule has 5 heteroatoms. The summed E-state index contributed by atoms with van der Waals surface area (Å²) in [5.74, 6) is 1.16. The Morgan fingerprint density at radius 3 is 2.44 bits per heavy atom. The van der Waals surface area contributed by atoms with E-state index < -0.39 is 0 Å². The Morgan fingerprint density at radius 1 is 1.17 bits per heavy atom. The lowest BCUT2D eigenvalue weighted by Gasteiger charge is -2.18. The fourth-order valence-corrected chi connectivity index (χ4v) is 2.27. The highest BCUT2D eigenvalue weighted by atomic mass is 16.5. The van der Waals surface area contributed by atoms with Gasteiger partial charge in [0.25, 0.3) is 0 Å². The van der Waals surface area contributed by atoms with Crippen molar-refractivity contribution in [2.75, 3.05) is 17.7 Å². The normalized spacial score (nSPS) is 13.5. The number of ether oxygens (including phenoxy) is 1. The van der Waals surface area contributed by atoms with Crippen LogP contribution in [0, 0.1) is 0 Å². The lowest BCUT2D eigenvalue weighted by Crippen LogP contribution is -2.18. The molecular formula is C13H14N4O. The second kappa shape index (κ2) is 4.18. The number of nitrogen functional groups attached to an aromatic ring is 1. The van der Waals surface area contributed by atoms with Crippen molar-refractivity contribution in [1.82, 2.24) is 9.97 Å². The fourth-order valence-electron chi connectivity index (χ4n) is 2.27. The summed E-state index contributed by atoms with van der Waals surface area (Å²) in [6, 6.07) is 8.35. The Hall–Kier alpha value is -2.30. The van der Waals surface area contributed by atoms with Gasteiger partial charge in [-0.2, -0.15) is 4.98 Å². The van der Waals surface area contributed by atoms with Crippen molar-refractivity contribution >= 4 is 11.5 Å². The first-order chi connectivity index (χ1) is 8.79. The molecule has 0 unspecified atom stereocenters. The molecule has 0 fully saturated rings. The third-order valence-electron chi connectivity index (χ3n) is 3.16. The molecule has 1 aromatic carbocycles. The quantitative estimate of drug-likeness (QED) is 0.866. The number of anilines is 2. The maximum absolute atomic E-state index is 6.02. The molecule has 0 saturated carbocycles. The SMILES string of the molecule is COc1ncnc(N2Cc3ccccc3C2)c1N. The van der Waals surface area contributed by atoms with Crippen LogP contribution in [0.1, 0.15) is 11.1 Å². The highest BCUT2D eigenvalue weighted by molar-refractivity contribution is 5.68. The molecule has 2 N–H and O–H groups in total. The minimum atomic E-state index is 0.427. The molecule has 0 amide bonds. The Kier molecular flexibility index (Phi) is 2.51. The van der Waals surface area contributed by atoms with E-state index in [0.29, 0.717) is 11.6 Å². The van der Waals surface area contributed by atoms with Crippen molar-refractivity contribution in [2.45, 2.75) is 13.1 Å². The van der Waals surface area contributed by atoms with Crippen LogP contribution in [0.25, 0.3) is 0 Å². The molecule has 1 aliphatic heterocycles. The summed E-state index contributed by atoms with van der Waals surface area (Å²) in [5, 5.41) is 0. The summed E-state index contributed by atoms with van der Waals surface area (Å²) >= 11 is 0. The average Bonchev–Trinajstić information content (AvgIpc) is 2.82. The molecule has 3 rings (SSSR count). The number of rotatable bonds is 2. The number of nitrogens with two attached hydrogens (primary N) is 1. The topological polar surface area (TPSA) is 64.3 Å². The monoisotopic (exact) mass is 242 g/mol. The Bertz CT molecular complexity index is 560. The smallest absolute Gasteiger partial charge is 0.242 e. The van der Waals surface area contributed by atoms with Crippen LogP contribution in [0.15, 0.2) is 30.6 Å². The lowest BCUT2D eigenvalue weighted by atomic mass is 10.1. The van der Waals surface area contributed by atoms with Gasteiger partial charge < -0.3 is 15.4 Å². The van der Waals surface area contributed by atoms with Crippen molar-refractivity contribution in [3.8, 4) is 5.88 Å². The molecule has 0 radical (unpaired) electrons. The van der Waals surface area contributed by atoms with Gasteiger partial charge in [-0.15, -0.1) is 0 Å². The second-order valence-electron chi connectivity index (χ2n) is 4.25. The van der Waals surface area contributed by atoms with E-state index in [2.05, 4.69) is 27.0 Å². The van der Waals surface area contributed by atoms with Crippen molar-refractivity contribution in [1.29, 1.82) is 0 Å². The van der Waals surface area contributed by atoms with Gasteiger partial charge in [-0.05, 0) is 11.1 Å². The van der Waals surface area contributed by atoms with Gasteiger partial charge in [-0.25, -0.2) is 4.98 Å². The summed E-state index contributed by atoms with van der Waals surface area (Å²) in [5.41, 5.74) is 9.14. The van der Waals surface area contributed by atoms with Gasteiger partial charge in [0, 0.05) is 13.1 Å². The summed E-state index contributed by atoms with van der Waals surface area (Å²) in [6.45, 7) is 1.64. The molecule has 0 bridgehead atoms. The average molecular weight is 242 g/mol. The molecule has 1 aliphatic rings. The zero-order chi connectivity index (χ0) is 12.5. The predicted octanol–water partition coefficient (Wildman–Crippen LogP) is 1.59. The van der Waals surface area contributed by atoms with Gasteiger partial charge in [0.15, 0.2) is 5.82 Å². The Morgan fingerprint density at radius 2 is 1.83 bits per heavy atom. The zero-order valence-corrected chi connectivity index (χ0v) is 10.1. The van der Waals surface area contributed by atoms with E-state index in [1.165, 1.54) is 17.5 Å². The lowest BCUT2D eigenvalue weighted by molar-refractivity contribution is 0.399. The van der Waals surface area contributed by atoms with Gasteiger partial charge >= 0.3 is 0 Å². The van der Waals surface area contributed by atoms with Crippen LogP contribution in [0.5, 0.6) is 5.88 Å². The third-order valence-corrected chi connectivity index (χ3v) is 3.16. The van der Waals surface area contributed by atoms with E-state index in [9.17, 15) is 0 Å². The van der Waals surface area contributed by atoms with Crippen molar-refractivity contribution < 1.29 is 4.74 Å². The minimum absolute atomic E-state index is 0.427. The molecule has 0 spiro atoms. The van der Waals surface area contributed by atoms with Crippen LogP contribution in [0.2, 0.25) is 0 Å². The van der Waals surface area contributed by atoms with Crippen molar-refractivity contribution in [3.63, 3.8) is 0 Å². The van der Waals surface area contributed by atoms with E-state index in [4.69, 9.17) is 10.5 Å². The van der Waals surface area contributed by atoms with Crippen molar-refractivity contribution in [2.24, 2.45) is 0 Å². The molecule has 2 heterocycles. The van der Waals surface area contributed by atoms with Crippen LogP contribution in [-0.2, 0) is 13.1 Å². The molecule has 5 nitrogen and oxygen atoms in total. The van der Waals surface area contributed by atoms with Gasteiger partial charge in [-0.1, -0.05) is 24.3 Å². The van der Waals surface area contributed by atoms with Crippen LogP contribution in [0.3, 0.4) is 0 Å². The standard InChI is InChI=1S/C13H14N4O/c1-18-13-11(14)12(15-8-16-13)17-6-9-4-2-3-5-10(9)7-17/h2-5,8H,6-7,14H2,1H3. The molecule has 2 aromatic rings. The second-order valence-corrected chi connectivity index (χ2v) is 4.25. The zero-order valence-electron chi connectivity index (χ0n) is 10.1. The molecule has 0 saturated heterocycles. The highest BCUT2D eigenvalue weighted by Gasteiger charge is 2.22. The summed E-state index contributed by atoms with van der Waals surface area (Å²) < 4.78 is 5.12. The van der Waals surface area contributed by atoms with Gasteiger partial charge in [0.05, 0.1) is 7.11 Å². The maximum Gasteiger partial charge on any atom is 0.242 e. The first-order valence-corrected chi connectivity index (χ1v) is 5.76. The van der Waals surface area contributed by atoms with Crippen LogP contribution in [-0.4, -0.2) is 17.1 Å². The first-order valence-electron chi connectivity index (χ1n) is 5.76. The molecule has 92 valence electrons. The number of methoxy groups -OCH3 is 1. The molecule has 18 heavy (non-hydrogen) atoms. The minimum Gasteiger partial charge on any atom is -0.479 e. The summed E-state index contributed by atoms with van der Waals surface area (Å²) in [6.07, 6.45) is 1.48. The van der Waals surface area contributed by atoms with E-state index in [-0.39, 0.29) is 0 Å². The fraction of sp³-hybridized carbons (Fsp3) is 0.231. The van der Waals surface area contributed by atoms with E-state index in [1.54, 1.807) is 7.11 Å². The maximum atomic E-state index is 6.02. The van der Waals surface area contributed by atoms with E-state index in [0.717, 1.165) is 18.9 Å². The van der Waals surface area contributed by atoms with Crippen LogP contribution >= 0.6 is 0 Å². The van der Waals surface area contributed by atoms with Crippen LogP contribution < -0.4 is 15.4 Å². The number of hydrogen-bond acceptors (Lipinski definition) is 5. The van der Waals surface area contributed by atoms with Gasteiger partial charge in [0.1, 0.15) is 12.0 Å². The van der Waals surface area contributed by atoms with E-state index in [1.807, 2.05) is 12.1 Å². The molecular weight excluding hydrogens is 228 g/mol. The Labute approximate surface area is 105 Å². The van der Waals surface area contributed by atoms with Crippen molar-refractivity contribution in [3.05, 3.63) is 41.7 Å². The largest absolute Gasteiger partial charge is 0.479 e. The van der Waals surface area contributed by atoms with Gasteiger partial charge in [0.2, 0.25) is 5.88 Å². The molecule has 0 aliphatic carbocycles. The van der Waals surface area contributed by atoms with E-state index >= 15 is 0 Å². The first kappa shape index (κ1) is 10.8. The number of benzene rings is 1. The summed E-state index contributed by atoms with van der Waals surface area (Å²) in [7, 11) is 1.56. The van der Waals surface area contributed by atoms with Gasteiger partial charge in [-0.3, -0.25) is 0 Å². The predicted molar refractivity (Wildman–Crippen MR) is 69.3 cm³/mol. The van der Waals surface area contributed by atoms with Crippen LogP contribution in [0.4, 0.5) is 11.5 Å². The number of hydrogen-bond donors (Lipinski definition) is 1. The third kappa shape index (κ3) is 1.64. The number of nitrogens with zero attached hydrogens (tertiary/aromatic N) is 3. The number of fused-ring (bicyclic) bond motifs is 1. The highest BCUT2D eigenvalue weighted by Crippen LogP contribution is 2.33. The summed E-state index contributed by atoms with van der Waals surface area (Å²) in [4.78, 5) is 10.4.